The Morgan fingerprint density at radius 1 is 1.14 bits per heavy atom. The Labute approximate surface area is 167 Å². The molecule has 2 unspecified atom stereocenters. The second kappa shape index (κ2) is 7.96. The third-order valence-electron chi connectivity index (χ3n) is 6.53. The summed E-state index contributed by atoms with van der Waals surface area (Å²) in [6, 6.07) is 16.9. The van der Waals surface area contributed by atoms with Crippen LogP contribution in [0.3, 0.4) is 0 Å². The third kappa shape index (κ3) is 3.93. The van der Waals surface area contributed by atoms with Crippen LogP contribution in [0.2, 0.25) is 0 Å². The first-order chi connectivity index (χ1) is 13.6. The van der Waals surface area contributed by atoms with Gasteiger partial charge in [-0.25, -0.2) is 0 Å². The molecule has 2 aromatic carbocycles. The largest absolute Gasteiger partial charge is 0.497 e. The summed E-state index contributed by atoms with van der Waals surface area (Å²) >= 11 is 0. The minimum absolute atomic E-state index is 0.0789. The average molecular weight is 379 g/mol. The lowest BCUT2D eigenvalue weighted by Crippen LogP contribution is -2.50. The molecular weight excluding hydrogens is 348 g/mol. The van der Waals surface area contributed by atoms with Crippen LogP contribution in [0.1, 0.15) is 47.7 Å². The molecule has 0 saturated carbocycles. The highest BCUT2D eigenvalue weighted by Crippen LogP contribution is 2.32. The van der Waals surface area contributed by atoms with Crippen molar-refractivity contribution in [1.82, 2.24) is 10.2 Å². The summed E-state index contributed by atoms with van der Waals surface area (Å²) in [4.78, 5) is 15.3. The van der Waals surface area contributed by atoms with E-state index in [-0.39, 0.29) is 11.4 Å². The Morgan fingerprint density at radius 3 is 2.71 bits per heavy atom. The number of carbonyl (C=O) groups excluding carboxylic acids is 1. The fourth-order valence-electron chi connectivity index (χ4n) is 4.64. The Balaban J connectivity index is 1.36. The maximum absolute atomic E-state index is 12.8. The van der Waals surface area contributed by atoms with E-state index in [1.54, 1.807) is 7.11 Å². The number of amides is 1. The van der Waals surface area contributed by atoms with Crippen molar-refractivity contribution in [2.24, 2.45) is 0 Å². The quantitative estimate of drug-likeness (QED) is 0.860. The highest BCUT2D eigenvalue weighted by molar-refractivity contribution is 5.96. The number of methoxy groups -OCH3 is 1. The molecule has 2 heterocycles. The number of aryl methyl sites for hydroxylation is 2. The summed E-state index contributed by atoms with van der Waals surface area (Å²) in [5.74, 6) is 1.00. The van der Waals surface area contributed by atoms with Crippen LogP contribution < -0.4 is 10.1 Å². The Morgan fingerprint density at radius 2 is 1.93 bits per heavy atom. The molecule has 1 saturated heterocycles. The van der Waals surface area contributed by atoms with E-state index in [9.17, 15) is 4.79 Å². The van der Waals surface area contributed by atoms with E-state index in [0.717, 1.165) is 56.5 Å². The molecule has 0 bridgehead atoms. The molecule has 1 amide bonds. The fraction of sp³-hybridized carbons (Fsp3) is 0.458. The highest BCUT2D eigenvalue weighted by Gasteiger charge is 2.42. The summed E-state index contributed by atoms with van der Waals surface area (Å²) in [5, 5.41) is 3.39. The molecule has 0 aromatic heterocycles. The van der Waals surface area contributed by atoms with Crippen molar-refractivity contribution in [3.63, 3.8) is 0 Å². The van der Waals surface area contributed by atoms with Gasteiger partial charge in [-0.05, 0) is 68.4 Å². The van der Waals surface area contributed by atoms with Crippen molar-refractivity contribution in [2.45, 2.75) is 50.6 Å². The molecule has 4 heteroatoms. The number of fused-ring (bicyclic) bond motifs is 1. The smallest absolute Gasteiger partial charge is 0.252 e. The van der Waals surface area contributed by atoms with Crippen molar-refractivity contribution in [2.75, 3.05) is 20.2 Å². The van der Waals surface area contributed by atoms with Crippen LogP contribution >= 0.6 is 0 Å². The van der Waals surface area contributed by atoms with Gasteiger partial charge >= 0.3 is 0 Å². The molecule has 1 fully saturated rings. The summed E-state index contributed by atoms with van der Waals surface area (Å²) in [5.41, 5.74) is 3.30. The Kier molecular flexibility index (Phi) is 5.40. The summed E-state index contributed by atoms with van der Waals surface area (Å²) in [6.45, 7) is 4.33. The van der Waals surface area contributed by atoms with Gasteiger partial charge in [0.25, 0.3) is 5.91 Å². The van der Waals surface area contributed by atoms with Crippen molar-refractivity contribution >= 4 is 5.91 Å². The number of ether oxygens (including phenoxy) is 1. The van der Waals surface area contributed by atoms with E-state index in [0.29, 0.717) is 6.04 Å². The van der Waals surface area contributed by atoms with Gasteiger partial charge in [-0.15, -0.1) is 0 Å². The number of nitrogens with zero attached hydrogens (tertiary/aromatic N) is 1. The number of rotatable bonds is 5. The van der Waals surface area contributed by atoms with Crippen LogP contribution in [0.4, 0.5) is 0 Å². The van der Waals surface area contributed by atoms with Gasteiger partial charge in [0.05, 0.1) is 12.6 Å². The zero-order chi connectivity index (χ0) is 19.6. The second-order valence-electron chi connectivity index (χ2n) is 8.35. The third-order valence-corrected chi connectivity index (χ3v) is 6.53. The second-order valence-corrected chi connectivity index (χ2v) is 8.35. The van der Waals surface area contributed by atoms with Crippen LogP contribution in [-0.2, 0) is 12.8 Å². The predicted molar refractivity (Wildman–Crippen MR) is 112 cm³/mol. The van der Waals surface area contributed by atoms with Crippen LogP contribution in [0, 0.1) is 0 Å². The Bertz CT molecular complexity index is 833. The number of likely N-dealkylation sites (tertiary alicyclic amines) is 1. The van der Waals surface area contributed by atoms with E-state index in [2.05, 4.69) is 35.3 Å². The minimum Gasteiger partial charge on any atom is -0.497 e. The molecule has 2 aliphatic heterocycles. The van der Waals surface area contributed by atoms with Crippen molar-refractivity contribution in [3.8, 4) is 5.75 Å². The SMILES string of the molecule is COc1ccc(CCC(C)N2CCC3(CCc4ccccc4C(=O)N3)C2)cc1. The lowest BCUT2D eigenvalue weighted by atomic mass is 9.91. The summed E-state index contributed by atoms with van der Waals surface area (Å²) < 4.78 is 5.24. The lowest BCUT2D eigenvalue weighted by Gasteiger charge is -2.31. The standard InChI is InChI=1S/C24H30N2O2/c1-18(7-8-19-9-11-21(28-2)12-10-19)26-16-15-24(17-26)14-13-20-5-3-4-6-22(20)23(27)25-24/h3-6,9-12,18H,7-8,13-17H2,1-2H3,(H,25,27). The number of carbonyl (C=O) groups is 1. The number of hydrogen-bond acceptors (Lipinski definition) is 3. The van der Waals surface area contributed by atoms with Gasteiger partial charge in [-0.2, -0.15) is 0 Å². The van der Waals surface area contributed by atoms with Gasteiger partial charge in [0, 0.05) is 24.7 Å². The zero-order valence-corrected chi connectivity index (χ0v) is 16.9. The molecule has 1 spiro atoms. The van der Waals surface area contributed by atoms with E-state index in [1.807, 2.05) is 30.3 Å². The average Bonchev–Trinajstić information content (AvgIpc) is 3.09. The predicted octanol–water partition coefficient (Wildman–Crippen LogP) is 3.84. The van der Waals surface area contributed by atoms with Crippen LogP contribution in [0.25, 0.3) is 0 Å². The maximum Gasteiger partial charge on any atom is 0.252 e. The van der Waals surface area contributed by atoms with Gasteiger partial charge in [-0.1, -0.05) is 30.3 Å². The molecule has 0 radical (unpaired) electrons. The van der Waals surface area contributed by atoms with Gasteiger partial charge in [-0.3, -0.25) is 9.69 Å². The first kappa shape index (κ1) is 19.0. The molecule has 2 atom stereocenters. The van der Waals surface area contributed by atoms with Crippen molar-refractivity contribution in [1.29, 1.82) is 0 Å². The van der Waals surface area contributed by atoms with E-state index < -0.39 is 0 Å². The molecule has 148 valence electrons. The maximum atomic E-state index is 12.8. The van der Waals surface area contributed by atoms with Gasteiger partial charge in [0.2, 0.25) is 0 Å². The number of benzene rings is 2. The van der Waals surface area contributed by atoms with Crippen LogP contribution in [0.15, 0.2) is 48.5 Å². The molecule has 1 N–H and O–H groups in total. The molecule has 2 aromatic rings. The first-order valence-corrected chi connectivity index (χ1v) is 10.4. The van der Waals surface area contributed by atoms with Crippen molar-refractivity contribution < 1.29 is 9.53 Å². The van der Waals surface area contributed by atoms with Gasteiger partial charge in [0.15, 0.2) is 0 Å². The molecule has 28 heavy (non-hydrogen) atoms. The zero-order valence-electron chi connectivity index (χ0n) is 16.9. The number of nitrogens with one attached hydrogen (secondary N) is 1. The topological polar surface area (TPSA) is 41.6 Å². The Hall–Kier alpha value is -2.33. The van der Waals surface area contributed by atoms with Crippen LogP contribution in [-0.4, -0.2) is 42.6 Å². The summed E-state index contributed by atoms with van der Waals surface area (Å²) in [7, 11) is 1.70. The molecule has 2 aliphatic rings. The van der Waals surface area contributed by atoms with Crippen LogP contribution in [0.5, 0.6) is 5.75 Å². The van der Waals surface area contributed by atoms with E-state index in [1.165, 1.54) is 11.1 Å². The molecule has 0 aliphatic carbocycles. The molecule has 4 nitrogen and oxygen atoms in total. The highest BCUT2D eigenvalue weighted by atomic mass is 16.5. The van der Waals surface area contributed by atoms with Crippen molar-refractivity contribution in [3.05, 3.63) is 65.2 Å². The monoisotopic (exact) mass is 378 g/mol. The molecule has 4 rings (SSSR count). The fourth-order valence-corrected chi connectivity index (χ4v) is 4.64. The van der Waals surface area contributed by atoms with E-state index in [4.69, 9.17) is 4.74 Å². The summed E-state index contributed by atoms with van der Waals surface area (Å²) in [6.07, 6.45) is 5.23. The van der Waals surface area contributed by atoms with E-state index >= 15 is 0 Å². The normalized spacial score (nSPS) is 23.1. The van der Waals surface area contributed by atoms with Gasteiger partial charge < -0.3 is 10.1 Å². The minimum atomic E-state index is -0.0789. The molecular formula is C24H30N2O2. The lowest BCUT2D eigenvalue weighted by molar-refractivity contribution is 0.0898. The number of hydrogen-bond donors (Lipinski definition) is 1. The van der Waals surface area contributed by atoms with Gasteiger partial charge in [0.1, 0.15) is 5.75 Å². The first-order valence-electron chi connectivity index (χ1n) is 10.4.